The second-order valence-electron chi connectivity index (χ2n) is 8.20. The predicted octanol–water partition coefficient (Wildman–Crippen LogP) is 6.65. The minimum Gasteiger partial charge on any atom is -0.322 e. The minimum atomic E-state index is -3.85. The van der Waals surface area contributed by atoms with Crippen molar-refractivity contribution >= 4 is 39.1 Å². The zero-order valence-corrected chi connectivity index (χ0v) is 21.1. The normalized spacial score (nSPS) is 11.1. The fourth-order valence-electron chi connectivity index (χ4n) is 3.43. The van der Waals surface area contributed by atoms with Crippen LogP contribution in [0.15, 0.2) is 107 Å². The van der Waals surface area contributed by atoms with Gasteiger partial charge in [-0.15, -0.1) is 11.8 Å². The smallest absolute Gasteiger partial charge is 0.262 e. The molecule has 0 aliphatic carbocycles. The summed E-state index contributed by atoms with van der Waals surface area (Å²) in [7, 11) is -3.85. The lowest BCUT2D eigenvalue weighted by Crippen LogP contribution is -2.17. The highest BCUT2D eigenvalue weighted by molar-refractivity contribution is 7.98. The molecule has 0 aromatic heterocycles. The van der Waals surface area contributed by atoms with E-state index in [1.54, 1.807) is 43.0 Å². The largest absolute Gasteiger partial charge is 0.322 e. The van der Waals surface area contributed by atoms with Gasteiger partial charge in [-0.05, 0) is 73.5 Å². The van der Waals surface area contributed by atoms with Crippen LogP contribution < -0.4 is 10.0 Å². The number of aryl methyl sites for hydroxylation is 2. The molecular formula is C28H26N2O3S2. The molecule has 0 saturated heterocycles. The van der Waals surface area contributed by atoms with Crippen LogP contribution in [-0.2, 0) is 15.8 Å². The Morgan fingerprint density at radius 2 is 1.46 bits per heavy atom. The van der Waals surface area contributed by atoms with E-state index in [4.69, 9.17) is 0 Å². The molecule has 35 heavy (non-hydrogen) atoms. The van der Waals surface area contributed by atoms with E-state index in [1.165, 1.54) is 11.0 Å². The summed E-state index contributed by atoms with van der Waals surface area (Å²) in [5, 5.41) is 2.85. The number of benzene rings is 4. The molecule has 0 saturated carbocycles. The van der Waals surface area contributed by atoms with Crippen LogP contribution in [0.25, 0.3) is 0 Å². The number of anilines is 2. The zero-order chi connectivity index (χ0) is 24.8. The van der Waals surface area contributed by atoms with Crippen LogP contribution in [-0.4, -0.2) is 14.3 Å². The average molecular weight is 503 g/mol. The molecule has 4 rings (SSSR count). The van der Waals surface area contributed by atoms with Crippen molar-refractivity contribution in [3.63, 3.8) is 0 Å². The van der Waals surface area contributed by atoms with Crippen LogP contribution in [0.5, 0.6) is 0 Å². The Kier molecular flexibility index (Phi) is 7.58. The van der Waals surface area contributed by atoms with Crippen molar-refractivity contribution in [3.8, 4) is 0 Å². The van der Waals surface area contributed by atoms with Gasteiger partial charge in [0, 0.05) is 27.6 Å². The molecule has 0 heterocycles. The van der Waals surface area contributed by atoms with Gasteiger partial charge in [-0.1, -0.05) is 54.1 Å². The molecule has 0 radical (unpaired) electrons. The van der Waals surface area contributed by atoms with Gasteiger partial charge >= 0.3 is 0 Å². The monoisotopic (exact) mass is 502 g/mol. The number of sulfonamides is 1. The summed E-state index contributed by atoms with van der Waals surface area (Å²) in [4.78, 5) is 14.1. The molecule has 1 amide bonds. The summed E-state index contributed by atoms with van der Waals surface area (Å²) >= 11 is 1.75. The Bertz CT molecular complexity index is 1420. The fraction of sp³-hybridized carbons (Fsp3) is 0.107. The predicted molar refractivity (Wildman–Crippen MR) is 144 cm³/mol. The van der Waals surface area contributed by atoms with Crippen LogP contribution in [0.1, 0.15) is 27.0 Å². The molecule has 0 aliphatic heterocycles. The molecule has 7 heteroatoms. The van der Waals surface area contributed by atoms with E-state index in [-0.39, 0.29) is 16.4 Å². The molecule has 5 nitrogen and oxygen atoms in total. The van der Waals surface area contributed by atoms with Crippen LogP contribution in [0.2, 0.25) is 0 Å². The maximum absolute atomic E-state index is 13.0. The van der Waals surface area contributed by atoms with Crippen LogP contribution in [0, 0.1) is 13.8 Å². The number of hydrogen-bond donors (Lipinski definition) is 2. The van der Waals surface area contributed by atoms with Gasteiger partial charge in [0.05, 0.1) is 4.90 Å². The van der Waals surface area contributed by atoms with Crippen molar-refractivity contribution in [2.75, 3.05) is 10.0 Å². The van der Waals surface area contributed by atoms with Crippen molar-refractivity contribution < 1.29 is 13.2 Å². The average Bonchev–Trinajstić information content (AvgIpc) is 2.85. The van der Waals surface area contributed by atoms with Crippen LogP contribution >= 0.6 is 11.8 Å². The Morgan fingerprint density at radius 3 is 2.14 bits per heavy atom. The molecule has 0 atom stereocenters. The van der Waals surface area contributed by atoms with E-state index < -0.39 is 10.0 Å². The second-order valence-corrected chi connectivity index (χ2v) is 10.9. The third-order valence-electron chi connectivity index (χ3n) is 5.40. The van der Waals surface area contributed by atoms with Gasteiger partial charge in [-0.3, -0.25) is 9.52 Å². The number of amides is 1. The summed E-state index contributed by atoms with van der Waals surface area (Å²) in [6.07, 6.45) is 0. The lowest BCUT2D eigenvalue weighted by Gasteiger charge is -2.13. The van der Waals surface area contributed by atoms with E-state index in [0.717, 1.165) is 16.9 Å². The first-order valence-electron chi connectivity index (χ1n) is 11.1. The molecular weight excluding hydrogens is 476 g/mol. The maximum Gasteiger partial charge on any atom is 0.262 e. The van der Waals surface area contributed by atoms with Crippen LogP contribution in [0.4, 0.5) is 11.4 Å². The quantitative estimate of drug-likeness (QED) is 0.265. The number of carbonyl (C=O) groups is 1. The Hall–Kier alpha value is -3.55. The lowest BCUT2D eigenvalue weighted by molar-refractivity contribution is 0.102. The first-order chi connectivity index (χ1) is 16.8. The van der Waals surface area contributed by atoms with E-state index in [0.29, 0.717) is 16.9 Å². The molecule has 0 fully saturated rings. The highest BCUT2D eigenvalue weighted by atomic mass is 32.2. The van der Waals surface area contributed by atoms with Gasteiger partial charge in [0.2, 0.25) is 0 Å². The highest BCUT2D eigenvalue weighted by Gasteiger charge is 2.19. The molecule has 2 N–H and O–H groups in total. The number of thioether (sulfide) groups is 1. The maximum atomic E-state index is 13.0. The van der Waals surface area contributed by atoms with Crippen LogP contribution in [0.3, 0.4) is 0 Å². The molecule has 0 spiro atoms. The van der Waals surface area contributed by atoms with Gasteiger partial charge in [0.25, 0.3) is 15.9 Å². The minimum absolute atomic E-state index is 0.0685. The second kappa shape index (κ2) is 10.8. The number of rotatable bonds is 8. The van der Waals surface area contributed by atoms with Gasteiger partial charge < -0.3 is 5.32 Å². The van der Waals surface area contributed by atoms with Crippen molar-refractivity contribution in [2.45, 2.75) is 29.4 Å². The third-order valence-corrected chi connectivity index (χ3v) is 8.01. The van der Waals surface area contributed by atoms with E-state index in [2.05, 4.69) is 22.2 Å². The Morgan fingerprint density at radius 1 is 0.800 bits per heavy atom. The SMILES string of the molecule is Cc1ccc(NS(=O)(=O)c2cc(C(=O)Nc3ccc(CSc4ccccc4)cc3)ccc2C)cc1. The third kappa shape index (κ3) is 6.53. The molecule has 0 unspecified atom stereocenters. The number of nitrogens with one attached hydrogen (secondary N) is 2. The standard InChI is InChI=1S/C28H26N2O3S2/c1-20-8-14-25(15-9-20)30-35(32,33)27-18-23(13-10-21(27)2)28(31)29-24-16-11-22(12-17-24)19-34-26-6-4-3-5-7-26/h3-18,30H,19H2,1-2H3,(H,29,31). The summed E-state index contributed by atoms with van der Waals surface area (Å²) in [5.74, 6) is 0.453. The highest BCUT2D eigenvalue weighted by Crippen LogP contribution is 2.24. The molecule has 4 aromatic rings. The number of carbonyl (C=O) groups excluding carboxylic acids is 1. The summed E-state index contributed by atoms with van der Waals surface area (Å²) in [6.45, 7) is 3.64. The van der Waals surface area contributed by atoms with Gasteiger partial charge in [0.1, 0.15) is 0 Å². The fourth-order valence-corrected chi connectivity index (χ4v) is 5.64. The first-order valence-corrected chi connectivity index (χ1v) is 13.6. The Labute approximate surface area is 210 Å². The summed E-state index contributed by atoms with van der Waals surface area (Å²) in [5.41, 5.74) is 4.11. The van der Waals surface area contributed by atoms with Crippen molar-refractivity contribution in [1.29, 1.82) is 0 Å². The number of hydrogen-bond acceptors (Lipinski definition) is 4. The lowest BCUT2D eigenvalue weighted by atomic mass is 10.1. The Balaban J connectivity index is 1.44. The van der Waals surface area contributed by atoms with Crippen molar-refractivity contribution in [3.05, 3.63) is 119 Å². The molecule has 0 aliphatic rings. The van der Waals surface area contributed by atoms with E-state index in [1.807, 2.05) is 61.5 Å². The molecule has 178 valence electrons. The molecule has 4 aromatic carbocycles. The van der Waals surface area contributed by atoms with Gasteiger partial charge in [-0.2, -0.15) is 0 Å². The van der Waals surface area contributed by atoms with E-state index in [9.17, 15) is 13.2 Å². The first kappa shape index (κ1) is 24.6. The van der Waals surface area contributed by atoms with Gasteiger partial charge in [0.15, 0.2) is 0 Å². The van der Waals surface area contributed by atoms with E-state index >= 15 is 0 Å². The zero-order valence-electron chi connectivity index (χ0n) is 19.5. The summed E-state index contributed by atoms with van der Waals surface area (Å²) < 4.78 is 28.6. The van der Waals surface area contributed by atoms with Crippen molar-refractivity contribution in [2.24, 2.45) is 0 Å². The summed E-state index contributed by atoms with van der Waals surface area (Å²) in [6, 6.07) is 29.6. The molecule has 0 bridgehead atoms. The van der Waals surface area contributed by atoms with Gasteiger partial charge in [-0.25, -0.2) is 8.42 Å². The van der Waals surface area contributed by atoms with Crippen molar-refractivity contribution in [1.82, 2.24) is 0 Å². The topological polar surface area (TPSA) is 75.3 Å².